The molecule has 128 valence electrons. The molecule has 2 rings (SSSR count). The van der Waals surface area contributed by atoms with Crippen molar-refractivity contribution in [1.82, 2.24) is 10.2 Å². The van der Waals surface area contributed by atoms with Crippen LogP contribution in [0.2, 0.25) is 0 Å². The smallest absolute Gasteiger partial charge is 0.324 e. The predicted octanol–water partition coefficient (Wildman–Crippen LogP) is -0.756. The number of nitrogens with two attached hydrogens (primary N) is 2. The summed E-state index contributed by atoms with van der Waals surface area (Å²) < 4.78 is 0. The number of imide groups is 1. The topological polar surface area (TPSA) is 151 Å². The van der Waals surface area contributed by atoms with Crippen LogP contribution >= 0.6 is 0 Å². The number of carbonyl (C=O) groups is 3. The molecule has 1 aliphatic heterocycles. The lowest BCUT2D eigenvalue weighted by atomic mass is 10.0. The summed E-state index contributed by atoms with van der Waals surface area (Å²) in [6.07, 6.45) is 1.85. The van der Waals surface area contributed by atoms with E-state index < -0.39 is 24.1 Å². The van der Waals surface area contributed by atoms with Gasteiger partial charge < -0.3 is 22.0 Å². The number of amides is 3. The molecule has 6 N–H and O–H groups in total. The Morgan fingerprint density at radius 3 is 2.62 bits per heavy atom. The van der Waals surface area contributed by atoms with Crippen LogP contribution in [0.25, 0.3) is 0 Å². The molecule has 0 aromatic heterocycles. The lowest BCUT2D eigenvalue weighted by Gasteiger charge is -2.14. The third-order valence-electron chi connectivity index (χ3n) is 3.73. The first-order valence-corrected chi connectivity index (χ1v) is 7.35. The minimum absolute atomic E-state index is 0.00827. The Kier molecular flexibility index (Phi) is 5.48. The second-order valence-corrected chi connectivity index (χ2v) is 5.45. The molecule has 0 saturated carbocycles. The zero-order valence-electron chi connectivity index (χ0n) is 12.9. The van der Waals surface area contributed by atoms with E-state index in [4.69, 9.17) is 16.7 Å². The van der Waals surface area contributed by atoms with Crippen molar-refractivity contribution in [2.75, 3.05) is 6.54 Å². The molecule has 1 aromatic rings. The molecular formula is C15H19N5O4. The Bertz CT molecular complexity index is 658. The van der Waals surface area contributed by atoms with Crippen molar-refractivity contribution < 1.29 is 19.5 Å². The maximum absolute atomic E-state index is 12.3. The molecule has 9 nitrogen and oxygen atoms in total. The summed E-state index contributed by atoms with van der Waals surface area (Å²) in [6.45, 7) is -0.0272. The van der Waals surface area contributed by atoms with E-state index in [2.05, 4.69) is 10.4 Å². The van der Waals surface area contributed by atoms with Crippen molar-refractivity contribution in [2.24, 2.45) is 16.7 Å². The number of urea groups is 1. The molecule has 0 aliphatic carbocycles. The standard InChI is InChI=1S/C15H19N5O4/c16-11(14(22)23)5-6-20-13(21)12(19-15(20)24)7-9-1-3-10(4-2-9)8-18-17/h1-4,8,11-12H,5-7,16-17H2,(H,19,24)(H,22,23). The van der Waals surface area contributed by atoms with Crippen LogP contribution in [0.1, 0.15) is 17.5 Å². The van der Waals surface area contributed by atoms with Crippen LogP contribution in [0.4, 0.5) is 4.79 Å². The minimum Gasteiger partial charge on any atom is -0.480 e. The summed E-state index contributed by atoms with van der Waals surface area (Å²) in [5.41, 5.74) is 7.09. The fourth-order valence-corrected chi connectivity index (χ4v) is 2.38. The van der Waals surface area contributed by atoms with Crippen LogP contribution in [-0.2, 0) is 16.0 Å². The van der Waals surface area contributed by atoms with E-state index in [1.807, 2.05) is 12.1 Å². The molecule has 3 amide bonds. The number of carboxylic acid groups (broad SMARTS) is 1. The van der Waals surface area contributed by atoms with Gasteiger partial charge in [0.15, 0.2) is 0 Å². The Hall–Kier alpha value is -2.94. The van der Waals surface area contributed by atoms with E-state index in [-0.39, 0.29) is 18.9 Å². The molecule has 1 aromatic carbocycles. The maximum atomic E-state index is 12.3. The fraction of sp³-hybridized carbons (Fsp3) is 0.333. The Balaban J connectivity index is 1.96. The van der Waals surface area contributed by atoms with E-state index in [1.54, 1.807) is 12.1 Å². The Morgan fingerprint density at radius 1 is 1.38 bits per heavy atom. The molecule has 2 atom stereocenters. The molecule has 0 radical (unpaired) electrons. The number of hydrogen-bond acceptors (Lipinski definition) is 6. The van der Waals surface area contributed by atoms with Crippen molar-refractivity contribution in [3.63, 3.8) is 0 Å². The van der Waals surface area contributed by atoms with Crippen LogP contribution < -0.4 is 16.9 Å². The van der Waals surface area contributed by atoms with Crippen LogP contribution in [0.5, 0.6) is 0 Å². The zero-order chi connectivity index (χ0) is 17.7. The van der Waals surface area contributed by atoms with Gasteiger partial charge in [0, 0.05) is 13.0 Å². The van der Waals surface area contributed by atoms with Gasteiger partial charge >= 0.3 is 12.0 Å². The third kappa shape index (κ3) is 4.07. The number of nitrogens with zero attached hydrogens (tertiary/aromatic N) is 2. The number of hydrogen-bond donors (Lipinski definition) is 4. The second-order valence-electron chi connectivity index (χ2n) is 5.45. The van der Waals surface area contributed by atoms with Gasteiger partial charge in [-0.1, -0.05) is 24.3 Å². The van der Waals surface area contributed by atoms with Crippen molar-refractivity contribution in [3.05, 3.63) is 35.4 Å². The van der Waals surface area contributed by atoms with E-state index in [9.17, 15) is 14.4 Å². The first kappa shape index (κ1) is 17.4. The highest BCUT2D eigenvalue weighted by molar-refractivity contribution is 6.04. The van der Waals surface area contributed by atoms with Gasteiger partial charge in [0.1, 0.15) is 12.1 Å². The van der Waals surface area contributed by atoms with E-state index >= 15 is 0 Å². The molecule has 1 saturated heterocycles. The fourth-order valence-electron chi connectivity index (χ4n) is 2.38. The van der Waals surface area contributed by atoms with Crippen molar-refractivity contribution >= 4 is 24.1 Å². The lowest BCUT2D eigenvalue weighted by molar-refractivity contribution is -0.139. The second kappa shape index (κ2) is 7.55. The van der Waals surface area contributed by atoms with Crippen molar-refractivity contribution in [2.45, 2.75) is 24.9 Å². The van der Waals surface area contributed by atoms with Crippen LogP contribution in [0.3, 0.4) is 0 Å². The van der Waals surface area contributed by atoms with Crippen LogP contribution in [0.15, 0.2) is 29.4 Å². The minimum atomic E-state index is -1.17. The van der Waals surface area contributed by atoms with Crippen LogP contribution in [-0.4, -0.2) is 52.8 Å². The van der Waals surface area contributed by atoms with Gasteiger partial charge in [0.2, 0.25) is 0 Å². The highest BCUT2D eigenvalue weighted by Gasteiger charge is 2.37. The highest BCUT2D eigenvalue weighted by Crippen LogP contribution is 2.13. The summed E-state index contributed by atoms with van der Waals surface area (Å²) >= 11 is 0. The summed E-state index contributed by atoms with van der Waals surface area (Å²) in [6, 6.07) is 4.93. The van der Waals surface area contributed by atoms with E-state index in [0.717, 1.165) is 16.0 Å². The average molecular weight is 333 g/mol. The Morgan fingerprint density at radius 2 is 2.04 bits per heavy atom. The number of carboxylic acids is 1. The first-order chi connectivity index (χ1) is 11.4. The predicted molar refractivity (Wildman–Crippen MR) is 86.2 cm³/mol. The number of hydrazone groups is 1. The van der Waals surface area contributed by atoms with Gasteiger partial charge in [-0.05, 0) is 17.5 Å². The van der Waals surface area contributed by atoms with E-state index in [1.165, 1.54) is 6.21 Å². The number of aliphatic carboxylic acids is 1. The number of carbonyl (C=O) groups excluding carboxylic acids is 2. The average Bonchev–Trinajstić information content (AvgIpc) is 2.81. The molecule has 0 spiro atoms. The van der Waals surface area contributed by atoms with Gasteiger partial charge in [-0.15, -0.1) is 0 Å². The number of rotatable bonds is 7. The van der Waals surface area contributed by atoms with Crippen molar-refractivity contribution in [3.8, 4) is 0 Å². The molecule has 24 heavy (non-hydrogen) atoms. The molecule has 1 fully saturated rings. The molecule has 0 bridgehead atoms. The molecule has 1 heterocycles. The van der Waals surface area contributed by atoms with Crippen molar-refractivity contribution in [1.29, 1.82) is 0 Å². The van der Waals surface area contributed by atoms with Gasteiger partial charge in [-0.2, -0.15) is 5.10 Å². The van der Waals surface area contributed by atoms with Crippen LogP contribution in [0, 0.1) is 0 Å². The SMILES string of the molecule is NN=Cc1ccc(CC2NC(=O)N(CCC(N)C(=O)O)C2=O)cc1. The summed E-state index contributed by atoms with van der Waals surface area (Å²) in [7, 11) is 0. The summed E-state index contributed by atoms with van der Waals surface area (Å²) in [5, 5.41) is 14.8. The molecule has 1 aliphatic rings. The van der Waals surface area contributed by atoms with E-state index in [0.29, 0.717) is 6.42 Å². The zero-order valence-corrected chi connectivity index (χ0v) is 12.9. The number of benzene rings is 1. The molecule has 2 unspecified atom stereocenters. The lowest BCUT2D eigenvalue weighted by Crippen LogP contribution is -2.38. The summed E-state index contributed by atoms with van der Waals surface area (Å²) in [4.78, 5) is 35.9. The molecular weight excluding hydrogens is 314 g/mol. The third-order valence-corrected chi connectivity index (χ3v) is 3.73. The first-order valence-electron chi connectivity index (χ1n) is 7.35. The largest absolute Gasteiger partial charge is 0.480 e. The Labute approximate surface area is 138 Å². The maximum Gasteiger partial charge on any atom is 0.324 e. The summed E-state index contributed by atoms with van der Waals surface area (Å²) in [5.74, 6) is 3.52. The van der Waals surface area contributed by atoms with Gasteiger partial charge in [0.25, 0.3) is 5.91 Å². The quantitative estimate of drug-likeness (QED) is 0.223. The molecule has 9 heteroatoms. The highest BCUT2D eigenvalue weighted by atomic mass is 16.4. The van der Waals surface area contributed by atoms with Gasteiger partial charge in [0.05, 0.1) is 6.21 Å². The normalized spacial score (nSPS) is 18.9. The number of nitrogens with one attached hydrogen (secondary N) is 1. The van der Waals surface area contributed by atoms with Gasteiger partial charge in [-0.3, -0.25) is 14.5 Å². The monoisotopic (exact) mass is 333 g/mol. The van der Waals surface area contributed by atoms with Gasteiger partial charge in [-0.25, -0.2) is 4.79 Å².